The normalized spacial score (nSPS) is 15.5. The number of nitrogens with zero attached hydrogens (tertiary/aromatic N) is 2. The molecule has 4 rings (SSSR count). The van der Waals surface area contributed by atoms with Crippen LogP contribution in [0.3, 0.4) is 0 Å². The lowest BCUT2D eigenvalue weighted by atomic mass is 10.2. The zero-order chi connectivity index (χ0) is 19.7. The zero-order valence-electron chi connectivity index (χ0n) is 15.7. The highest BCUT2D eigenvalue weighted by Crippen LogP contribution is 2.31. The highest BCUT2D eigenvalue weighted by atomic mass is 32.2. The average Bonchev–Trinajstić information content (AvgIpc) is 3.19. The predicted octanol–water partition coefficient (Wildman–Crippen LogP) is 3.67. The van der Waals surface area contributed by atoms with Crippen LogP contribution >= 0.6 is 0 Å². The first-order valence-electron chi connectivity index (χ1n) is 9.10. The summed E-state index contributed by atoms with van der Waals surface area (Å²) in [4.78, 5) is 12.8. The molecular weight excluding hydrogens is 374 g/mol. The molecule has 7 heteroatoms. The van der Waals surface area contributed by atoms with E-state index in [0.29, 0.717) is 22.9 Å². The Bertz CT molecular complexity index is 1030. The molecule has 0 saturated carbocycles. The topological polar surface area (TPSA) is 73.2 Å². The molecule has 1 atom stereocenters. The van der Waals surface area contributed by atoms with Crippen LogP contribution in [0.15, 0.2) is 54.6 Å². The molecule has 6 nitrogen and oxygen atoms in total. The number of para-hydroxylation sites is 1. The van der Waals surface area contributed by atoms with Crippen molar-refractivity contribution in [3.63, 3.8) is 0 Å². The Morgan fingerprint density at radius 3 is 2.50 bits per heavy atom. The highest BCUT2D eigenvalue weighted by Gasteiger charge is 2.28. The van der Waals surface area contributed by atoms with Crippen LogP contribution in [0.25, 0.3) is 5.69 Å². The van der Waals surface area contributed by atoms with E-state index >= 15 is 0 Å². The van der Waals surface area contributed by atoms with Gasteiger partial charge in [0.15, 0.2) is 0 Å². The molecule has 1 N–H and O–H groups in total. The number of hydrogen-bond acceptors (Lipinski definition) is 4. The smallest absolute Gasteiger partial charge is 0.256 e. The molecule has 2 aromatic carbocycles. The van der Waals surface area contributed by atoms with Crippen molar-refractivity contribution in [3.8, 4) is 11.4 Å². The molecule has 0 saturated heterocycles. The summed E-state index contributed by atoms with van der Waals surface area (Å²) in [7, 11) is -0.975. The number of amides is 1. The van der Waals surface area contributed by atoms with E-state index in [0.717, 1.165) is 22.7 Å². The van der Waals surface area contributed by atoms with E-state index in [1.54, 1.807) is 28.9 Å². The van der Waals surface area contributed by atoms with Crippen molar-refractivity contribution in [2.75, 3.05) is 5.32 Å². The molecular formula is C21H21N3O3S. The summed E-state index contributed by atoms with van der Waals surface area (Å²) in [5, 5.41) is 7.57. The standard InChI is InChI=1S/C21H21N3O3S/c1-14(2)27-17-10-8-15(9-11-17)21(25)22-20-18-12-28(26)13-19(18)23-24(20)16-6-4-3-5-7-16/h3-11,14H,12-13H2,1-2H3,(H,22,25)/t28-/m0/s1. The minimum Gasteiger partial charge on any atom is -0.491 e. The molecule has 1 aliphatic rings. The molecule has 0 unspecified atom stereocenters. The zero-order valence-corrected chi connectivity index (χ0v) is 16.5. The van der Waals surface area contributed by atoms with Gasteiger partial charge in [-0.15, -0.1) is 0 Å². The monoisotopic (exact) mass is 395 g/mol. The fourth-order valence-corrected chi connectivity index (χ4v) is 4.41. The number of rotatable bonds is 5. The maximum atomic E-state index is 12.8. The van der Waals surface area contributed by atoms with E-state index < -0.39 is 10.8 Å². The summed E-state index contributed by atoms with van der Waals surface area (Å²) in [6, 6.07) is 16.6. The second kappa shape index (κ2) is 7.59. The fourth-order valence-electron chi connectivity index (χ4n) is 3.15. The van der Waals surface area contributed by atoms with Crippen LogP contribution in [0.2, 0.25) is 0 Å². The number of carbonyl (C=O) groups is 1. The van der Waals surface area contributed by atoms with Gasteiger partial charge < -0.3 is 10.1 Å². The van der Waals surface area contributed by atoms with Crippen LogP contribution < -0.4 is 10.1 Å². The quantitative estimate of drug-likeness (QED) is 0.715. The second-order valence-corrected chi connectivity index (χ2v) is 8.35. The predicted molar refractivity (Wildman–Crippen MR) is 109 cm³/mol. The largest absolute Gasteiger partial charge is 0.491 e. The van der Waals surface area contributed by atoms with Gasteiger partial charge in [-0.1, -0.05) is 18.2 Å². The molecule has 1 aromatic heterocycles. The summed E-state index contributed by atoms with van der Waals surface area (Å²) in [5.41, 5.74) is 2.98. The van der Waals surface area contributed by atoms with E-state index in [1.807, 2.05) is 44.2 Å². The number of hydrogen-bond donors (Lipinski definition) is 1. The number of anilines is 1. The molecule has 0 spiro atoms. The lowest BCUT2D eigenvalue weighted by molar-refractivity contribution is 0.102. The van der Waals surface area contributed by atoms with Crippen LogP contribution in [0.4, 0.5) is 5.82 Å². The second-order valence-electron chi connectivity index (χ2n) is 6.89. The molecule has 1 aliphatic heterocycles. The summed E-state index contributed by atoms with van der Waals surface area (Å²) >= 11 is 0. The molecule has 3 aromatic rings. The van der Waals surface area contributed by atoms with E-state index in [2.05, 4.69) is 10.4 Å². The van der Waals surface area contributed by atoms with Crippen molar-refractivity contribution in [2.24, 2.45) is 0 Å². The molecule has 0 aliphatic carbocycles. The summed E-state index contributed by atoms with van der Waals surface area (Å²) < 4.78 is 19.3. The average molecular weight is 395 g/mol. The third kappa shape index (κ3) is 3.71. The minimum absolute atomic E-state index is 0.0726. The van der Waals surface area contributed by atoms with Crippen molar-refractivity contribution in [1.82, 2.24) is 9.78 Å². The summed E-state index contributed by atoms with van der Waals surface area (Å²) in [6.45, 7) is 3.91. The first-order chi connectivity index (χ1) is 13.5. The van der Waals surface area contributed by atoms with Crippen LogP contribution in [0, 0.1) is 0 Å². The van der Waals surface area contributed by atoms with E-state index in [4.69, 9.17) is 4.74 Å². The number of carbonyl (C=O) groups excluding carboxylic acids is 1. The van der Waals surface area contributed by atoms with E-state index in [9.17, 15) is 9.00 Å². The van der Waals surface area contributed by atoms with Gasteiger partial charge in [-0.2, -0.15) is 5.10 Å². The SMILES string of the molecule is CC(C)Oc1ccc(C(=O)Nc2c3c(nn2-c2ccccc2)C[S@@](=O)C3)cc1. The van der Waals surface area contributed by atoms with Crippen molar-refractivity contribution in [1.29, 1.82) is 0 Å². The number of fused-ring (bicyclic) bond motifs is 1. The molecule has 2 heterocycles. The maximum absolute atomic E-state index is 12.8. The molecule has 0 radical (unpaired) electrons. The van der Waals surface area contributed by atoms with Crippen LogP contribution in [-0.4, -0.2) is 26.0 Å². The Balaban J connectivity index is 1.64. The van der Waals surface area contributed by atoms with Crippen molar-refractivity contribution in [3.05, 3.63) is 71.4 Å². The number of ether oxygens (including phenoxy) is 1. The third-order valence-corrected chi connectivity index (χ3v) is 5.60. The molecule has 1 amide bonds. The highest BCUT2D eigenvalue weighted by molar-refractivity contribution is 7.83. The Morgan fingerprint density at radius 2 is 1.82 bits per heavy atom. The van der Waals surface area contributed by atoms with Gasteiger partial charge in [0, 0.05) is 21.9 Å². The van der Waals surface area contributed by atoms with Gasteiger partial charge >= 0.3 is 0 Å². The van der Waals surface area contributed by atoms with Crippen molar-refractivity contribution < 1.29 is 13.7 Å². The van der Waals surface area contributed by atoms with Gasteiger partial charge in [-0.25, -0.2) is 4.68 Å². The molecule has 0 fully saturated rings. The Hall–Kier alpha value is -2.93. The molecule has 28 heavy (non-hydrogen) atoms. The van der Waals surface area contributed by atoms with Gasteiger partial charge in [0.2, 0.25) is 0 Å². The number of aromatic nitrogens is 2. The first kappa shape index (κ1) is 18.4. The molecule has 0 bridgehead atoms. The van der Waals surface area contributed by atoms with E-state index in [1.165, 1.54) is 0 Å². The van der Waals surface area contributed by atoms with Crippen LogP contribution in [0.1, 0.15) is 35.5 Å². The Kier molecular flexibility index (Phi) is 5.00. The Morgan fingerprint density at radius 1 is 1.11 bits per heavy atom. The minimum atomic E-state index is -0.975. The van der Waals surface area contributed by atoms with Crippen molar-refractivity contribution in [2.45, 2.75) is 31.5 Å². The van der Waals surface area contributed by atoms with Gasteiger partial charge in [-0.05, 0) is 50.2 Å². The maximum Gasteiger partial charge on any atom is 0.256 e. The van der Waals surface area contributed by atoms with E-state index in [-0.39, 0.29) is 12.0 Å². The van der Waals surface area contributed by atoms with Gasteiger partial charge in [-0.3, -0.25) is 9.00 Å². The van der Waals surface area contributed by atoms with Gasteiger partial charge in [0.25, 0.3) is 5.91 Å². The lowest BCUT2D eigenvalue weighted by Gasteiger charge is -2.12. The molecule has 144 valence electrons. The lowest BCUT2D eigenvalue weighted by Crippen LogP contribution is -2.16. The van der Waals surface area contributed by atoms with Gasteiger partial charge in [0.1, 0.15) is 11.6 Å². The van der Waals surface area contributed by atoms with Gasteiger partial charge in [0.05, 0.1) is 29.0 Å². The number of benzene rings is 2. The first-order valence-corrected chi connectivity index (χ1v) is 10.6. The Labute approximate surface area is 166 Å². The van der Waals surface area contributed by atoms with Crippen molar-refractivity contribution >= 4 is 22.5 Å². The third-order valence-electron chi connectivity index (χ3n) is 4.39. The fraction of sp³-hybridized carbons (Fsp3) is 0.238. The number of nitrogens with one attached hydrogen (secondary N) is 1. The van der Waals surface area contributed by atoms with Crippen LogP contribution in [0.5, 0.6) is 5.75 Å². The summed E-state index contributed by atoms with van der Waals surface area (Å²) in [5.74, 6) is 1.88. The summed E-state index contributed by atoms with van der Waals surface area (Å²) in [6.07, 6.45) is 0.0726. The van der Waals surface area contributed by atoms with Crippen LogP contribution in [-0.2, 0) is 22.3 Å².